The summed E-state index contributed by atoms with van der Waals surface area (Å²) in [5.74, 6) is 0. The van der Waals surface area contributed by atoms with E-state index in [2.05, 4.69) is 9.97 Å². The van der Waals surface area contributed by atoms with E-state index in [1.807, 2.05) is 0 Å². The number of nitrogens with one attached hydrogen (secondary N) is 1. The van der Waals surface area contributed by atoms with E-state index in [1.165, 1.54) is 15.5 Å². The molecular formula is C7H8N4O2. The third-order valence-corrected chi connectivity index (χ3v) is 2.04. The van der Waals surface area contributed by atoms with Crippen molar-refractivity contribution in [2.75, 3.05) is 0 Å². The van der Waals surface area contributed by atoms with E-state index >= 15 is 0 Å². The second kappa shape index (κ2) is 2.32. The highest BCUT2D eigenvalue weighted by Crippen LogP contribution is 1.99. The van der Waals surface area contributed by atoms with E-state index in [0.717, 1.165) is 0 Å². The Labute approximate surface area is 72.5 Å². The summed E-state index contributed by atoms with van der Waals surface area (Å²) in [5, 5.41) is 0. The van der Waals surface area contributed by atoms with E-state index in [9.17, 15) is 9.59 Å². The van der Waals surface area contributed by atoms with Gasteiger partial charge in [-0.05, 0) is 0 Å². The SMILES string of the molecule is Cn1c(=O)n(C)c2c(=O)[nH]cnc21. The van der Waals surface area contributed by atoms with Crippen molar-refractivity contribution >= 4 is 11.2 Å². The predicted octanol–water partition coefficient (Wildman–Crippen LogP) is -1.04. The molecule has 1 N–H and O–H groups in total. The Balaban J connectivity index is 3.22. The summed E-state index contributed by atoms with van der Waals surface area (Å²) in [6, 6.07) is 0. The van der Waals surface area contributed by atoms with Crippen LogP contribution in [-0.2, 0) is 14.1 Å². The van der Waals surface area contributed by atoms with Gasteiger partial charge in [0.25, 0.3) is 5.56 Å². The zero-order chi connectivity index (χ0) is 9.59. The molecule has 2 aromatic rings. The first-order valence-electron chi connectivity index (χ1n) is 3.72. The van der Waals surface area contributed by atoms with E-state index in [4.69, 9.17) is 0 Å². The normalized spacial score (nSPS) is 10.9. The van der Waals surface area contributed by atoms with Gasteiger partial charge in [-0.15, -0.1) is 0 Å². The van der Waals surface area contributed by atoms with Gasteiger partial charge in [-0.3, -0.25) is 13.9 Å². The molecular weight excluding hydrogens is 172 g/mol. The zero-order valence-corrected chi connectivity index (χ0v) is 7.24. The summed E-state index contributed by atoms with van der Waals surface area (Å²) in [4.78, 5) is 29.0. The number of fused-ring (bicyclic) bond motifs is 1. The maximum absolute atomic E-state index is 11.4. The first kappa shape index (κ1) is 7.78. The molecule has 68 valence electrons. The Morgan fingerprint density at radius 3 is 2.62 bits per heavy atom. The minimum absolute atomic E-state index is 0.251. The molecule has 0 fully saturated rings. The number of hydrogen-bond donors (Lipinski definition) is 1. The molecule has 6 heteroatoms. The average molecular weight is 180 g/mol. The summed E-state index contributed by atoms with van der Waals surface area (Å²) in [6.07, 6.45) is 1.28. The third kappa shape index (κ3) is 0.851. The van der Waals surface area contributed by atoms with Gasteiger partial charge in [-0.2, -0.15) is 0 Å². The lowest BCUT2D eigenvalue weighted by atomic mass is 10.5. The average Bonchev–Trinajstić information content (AvgIpc) is 2.33. The van der Waals surface area contributed by atoms with Crippen LogP contribution in [0.1, 0.15) is 0 Å². The van der Waals surface area contributed by atoms with Crippen molar-refractivity contribution in [2.24, 2.45) is 14.1 Å². The second-order valence-corrected chi connectivity index (χ2v) is 2.80. The van der Waals surface area contributed by atoms with Gasteiger partial charge in [0, 0.05) is 14.1 Å². The fourth-order valence-electron chi connectivity index (χ4n) is 1.34. The van der Waals surface area contributed by atoms with Crippen LogP contribution in [-0.4, -0.2) is 19.1 Å². The summed E-state index contributed by atoms with van der Waals surface area (Å²) >= 11 is 0. The Hall–Kier alpha value is -1.85. The molecule has 0 aliphatic rings. The smallest absolute Gasteiger partial charge is 0.311 e. The molecule has 13 heavy (non-hydrogen) atoms. The molecule has 6 nitrogen and oxygen atoms in total. The molecule has 0 radical (unpaired) electrons. The number of aryl methyl sites for hydroxylation is 2. The summed E-state index contributed by atoms with van der Waals surface area (Å²) in [7, 11) is 3.12. The van der Waals surface area contributed by atoms with Crippen LogP contribution >= 0.6 is 0 Å². The molecule has 0 aliphatic heterocycles. The molecule has 2 rings (SSSR count). The van der Waals surface area contributed by atoms with Crippen LogP contribution in [0.15, 0.2) is 15.9 Å². The van der Waals surface area contributed by atoms with Crippen LogP contribution < -0.4 is 11.2 Å². The molecule has 0 bridgehead atoms. The van der Waals surface area contributed by atoms with Crippen LogP contribution in [0.3, 0.4) is 0 Å². The van der Waals surface area contributed by atoms with Crippen molar-refractivity contribution in [2.45, 2.75) is 0 Å². The van der Waals surface area contributed by atoms with Crippen molar-refractivity contribution in [3.8, 4) is 0 Å². The predicted molar refractivity (Wildman–Crippen MR) is 46.6 cm³/mol. The second-order valence-electron chi connectivity index (χ2n) is 2.80. The Morgan fingerprint density at radius 2 is 2.00 bits per heavy atom. The molecule has 0 spiro atoms. The number of nitrogens with zero attached hydrogens (tertiary/aromatic N) is 3. The van der Waals surface area contributed by atoms with E-state index in [-0.39, 0.29) is 11.2 Å². The highest BCUT2D eigenvalue weighted by atomic mass is 16.2. The monoisotopic (exact) mass is 180 g/mol. The lowest BCUT2D eigenvalue weighted by Crippen LogP contribution is -2.20. The first-order valence-corrected chi connectivity index (χ1v) is 3.72. The number of imidazole rings is 1. The highest BCUT2D eigenvalue weighted by Gasteiger charge is 2.10. The van der Waals surface area contributed by atoms with Crippen LogP contribution in [0, 0.1) is 0 Å². The van der Waals surface area contributed by atoms with Gasteiger partial charge in [-0.25, -0.2) is 9.78 Å². The molecule has 0 aromatic carbocycles. The van der Waals surface area contributed by atoms with E-state index in [0.29, 0.717) is 11.2 Å². The van der Waals surface area contributed by atoms with Gasteiger partial charge in [0.05, 0.1) is 6.33 Å². The molecule has 0 aliphatic carbocycles. The Kier molecular flexibility index (Phi) is 1.39. The molecule has 0 amide bonds. The molecule has 0 unspecified atom stereocenters. The number of aromatic nitrogens is 4. The molecule has 0 atom stereocenters. The molecule has 0 saturated carbocycles. The van der Waals surface area contributed by atoms with Gasteiger partial charge >= 0.3 is 5.69 Å². The third-order valence-electron chi connectivity index (χ3n) is 2.04. The topological polar surface area (TPSA) is 72.7 Å². The molecule has 0 saturated heterocycles. The lowest BCUT2D eigenvalue weighted by Gasteiger charge is -1.89. The van der Waals surface area contributed by atoms with Crippen LogP contribution in [0.4, 0.5) is 0 Å². The van der Waals surface area contributed by atoms with E-state index < -0.39 is 0 Å². The highest BCUT2D eigenvalue weighted by molar-refractivity contribution is 5.69. The summed E-state index contributed by atoms with van der Waals surface area (Å²) in [6.45, 7) is 0. The Morgan fingerprint density at radius 1 is 1.31 bits per heavy atom. The standard InChI is InChI=1S/C7H8N4O2/c1-10-4-5(11(2)7(10)13)8-3-9-6(4)12/h3H,1-2H3,(H,8,9,12). The number of H-pyrrole nitrogens is 1. The van der Waals surface area contributed by atoms with Gasteiger partial charge in [0.1, 0.15) is 0 Å². The van der Waals surface area contributed by atoms with Crippen molar-refractivity contribution in [3.05, 3.63) is 27.2 Å². The minimum atomic E-state index is -0.301. The van der Waals surface area contributed by atoms with Crippen molar-refractivity contribution in [1.29, 1.82) is 0 Å². The van der Waals surface area contributed by atoms with Gasteiger partial charge in [-0.1, -0.05) is 0 Å². The van der Waals surface area contributed by atoms with Crippen LogP contribution in [0.5, 0.6) is 0 Å². The maximum Gasteiger partial charge on any atom is 0.329 e. The van der Waals surface area contributed by atoms with Crippen molar-refractivity contribution < 1.29 is 0 Å². The number of rotatable bonds is 0. The largest absolute Gasteiger partial charge is 0.329 e. The van der Waals surface area contributed by atoms with Gasteiger partial charge < -0.3 is 4.98 Å². The minimum Gasteiger partial charge on any atom is -0.311 e. The van der Waals surface area contributed by atoms with Gasteiger partial charge in [0.2, 0.25) is 0 Å². The summed E-state index contributed by atoms with van der Waals surface area (Å²) in [5.41, 5.74) is 0.149. The maximum atomic E-state index is 11.4. The zero-order valence-electron chi connectivity index (χ0n) is 7.24. The number of aromatic amines is 1. The first-order chi connectivity index (χ1) is 6.13. The Bertz CT molecular complexity index is 574. The van der Waals surface area contributed by atoms with Gasteiger partial charge in [0.15, 0.2) is 11.2 Å². The number of hydrogen-bond acceptors (Lipinski definition) is 3. The quantitative estimate of drug-likeness (QED) is 0.562. The molecule has 2 heterocycles. The van der Waals surface area contributed by atoms with E-state index in [1.54, 1.807) is 14.1 Å². The van der Waals surface area contributed by atoms with Crippen LogP contribution in [0.25, 0.3) is 11.2 Å². The van der Waals surface area contributed by atoms with Crippen molar-refractivity contribution in [3.63, 3.8) is 0 Å². The van der Waals surface area contributed by atoms with Crippen molar-refractivity contribution in [1.82, 2.24) is 19.1 Å². The summed E-state index contributed by atoms with van der Waals surface area (Å²) < 4.78 is 2.62. The van der Waals surface area contributed by atoms with Crippen LogP contribution in [0.2, 0.25) is 0 Å². The fraction of sp³-hybridized carbons (Fsp3) is 0.286. The molecule has 2 aromatic heterocycles. The fourth-order valence-corrected chi connectivity index (χ4v) is 1.34. The lowest BCUT2D eigenvalue weighted by molar-refractivity contribution is 0.791.